The van der Waals surface area contributed by atoms with Gasteiger partial charge in [0.1, 0.15) is 5.82 Å². The Bertz CT molecular complexity index is 813. The van der Waals surface area contributed by atoms with Crippen molar-refractivity contribution in [2.24, 2.45) is 0 Å². The van der Waals surface area contributed by atoms with Crippen LogP contribution < -0.4 is 10.2 Å². The first-order chi connectivity index (χ1) is 12.7. The Balaban J connectivity index is 1.85. The summed E-state index contributed by atoms with van der Waals surface area (Å²) in [4.78, 5) is 17.5. The van der Waals surface area contributed by atoms with E-state index in [4.69, 9.17) is 0 Å². The van der Waals surface area contributed by atoms with Crippen LogP contribution in [0.15, 0.2) is 47.2 Å². The van der Waals surface area contributed by atoms with E-state index in [-0.39, 0.29) is 12.5 Å². The van der Waals surface area contributed by atoms with Crippen molar-refractivity contribution >= 4 is 27.5 Å². The van der Waals surface area contributed by atoms with E-state index in [0.717, 1.165) is 10.2 Å². The Hall–Kier alpha value is -2.16. The van der Waals surface area contributed by atoms with Gasteiger partial charge in [0.15, 0.2) is 0 Å². The molecule has 1 amide bonds. The van der Waals surface area contributed by atoms with Gasteiger partial charge in [-0.2, -0.15) is 13.2 Å². The topological polar surface area (TPSA) is 45.2 Å². The van der Waals surface area contributed by atoms with Crippen LogP contribution in [0.2, 0.25) is 0 Å². The maximum absolute atomic E-state index is 13.2. The Kier molecular flexibility index (Phi) is 5.69. The first kappa shape index (κ1) is 19.6. The van der Waals surface area contributed by atoms with E-state index in [0.29, 0.717) is 18.5 Å². The Morgan fingerprint density at radius 3 is 2.56 bits per heavy atom. The number of amides is 1. The molecule has 3 rings (SSSR count). The lowest BCUT2D eigenvalue weighted by molar-refractivity contribution is -0.174. The Labute approximate surface area is 161 Å². The van der Waals surface area contributed by atoms with Gasteiger partial charge < -0.3 is 10.2 Å². The van der Waals surface area contributed by atoms with Crippen molar-refractivity contribution in [2.45, 2.75) is 24.6 Å². The number of hydrogen-bond acceptors (Lipinski definition) is 3. The number of pyridine rings is 1. The highest BCUT2D eigenvalue weighted by Gasteiger charge is 2.42. The molecule has 144 valence electrons. The molecular weight excluding hydrogens is 430 g/mol. The number of halogens is 5. The first-order valence-corrected chi connectivity index (χ1v) is 9.02. The lowest BCUT2D eigenvalue weighted by Crippen LogP contribution is -2.54. The zero-order valence-electron chi connectivity index (χ0n) is 14.0. The number of nitrogens with zero attached hydrogens (tertiary/aromatic N) is 2. The average molecular weight is 446 g/mol. The highest BCUT2D eigenvalue weighted by Crippen LogP contribution is 2.32. The second-order valence-corrected chi connectivity index (χ2v) is 7.25. The fourth-order valence-corrected chi connectivity index (χ4v) is 3.62. The summed E-state index contributed by atoms with van der Waals surface area (Å²) >= 11 is 3.32. The second-order valence-electron chi connectivity index (χ2n) is 6.33. The van der Waals surface area contributed by atoms with Gasteiger partial charge in [-0.1, -0.05) is 12.1 Å². The molecule has 0 aliphatic carbocycles. The highest BCUT2D eigenvalue weighted by atomic mass is 79.9. The van der Waals surface area contributed by atoms with Crippen molar-refractivity contribution in [3.63, 3.8) is 0 Å². The van der Waals surface area contributed by atoms with Gasteiger partial charge in [-0.25, -0.2) is 4.39 Å². The minimum absolute atomic E-state index is 0.183. The average Bonchev–Trinajstić information content (AvgIpc) is 2.62. The fourth-order valence-electron chi connectivity index (χ4n) is 3.27. The van der Waals surface area contributed by atoms with Gasteiger partial charge >= 0.3 is 12.1 Å². The monoisotopic (exact) mass is 445 g/mol. The van der Waals surface area contributed by atoms with Crippen LogP contribution in [0.1, 0.15) is 17.9 Å². The third-order valence-corrected chi connectivity index (χ3v) is 4.97. The number of anilines is 1. The maximum Gasteiger partial charge on any atom is 0.471 e. The Morgan fingerprint density at radius 2 is 1.93 bits per heavy atom. The minimum atomic E-state index is -4.97. The van der Waals surface area contributed by atoms with Crippen LogP contribution in [-0.2, 0) is 4.79 Å². The Morgan fingerprint density at radius 1 is 1.22 bits per heavy atom. The molecule has 2 unspecified atom stereocenters. The van der Waals surface area contributed by atoms with Crippen molar-refractivity contribution < 1.29 is 22.4 Å². The number of piperidine rings is 1. The SMILES string of the molecule is O=C(NC1CN(c2cncc(Br)c2)CCC1c1ccc(F)cc1)C(F)(F)F. The molecule has 4 nitrogen and oxygen atoms in total. The number of benzene rings is 1. The van der Waals surface area contributed by atoms with Gasteiger partial charge in [0.2, 0.25) is 0 Å². The summed E-state index contributed by atoms with van der Waals surface area (Å²) in [5.74, 6) is -2.76. The number of carbonyl (C=O) groups is 1. The molecule has 0 bridgehead atoms. The molecule has 1 N–H and O–H groups in total. The van der Waals surface area contributed by atoms with E-state index >= 15 is 0 Å². The molecule has 1 aromatic carbocycles. The van der Waals surface area contributed by atoms with Crippen LogP contribution >= 0.6 is 15.9 Å². The third kappa shape index (κ3) is 4.77. The fraction of sp³-hybridized carbons (Fsp3) is 0.333. The maximum atomic E-state index is 13.2. The summed E-state index contributed by atoms with van der Waals surface area (Å²) in [6.07, 6.45) is -1.24. The molecule has 1 aliphatic rings. The summed E-state index contributed by atoms with van der Waals surface area (Å²) < 4.78 is 52.3. The highest BCUT2D eigenvalue weighted by molar-refractivity contribution is 9.10. The normalized spacial score (nSPS) is 20.4. The predicted octanol–water partition coefficient (Wildman–Crippen LogP) is 4.02. The van der Waals surface area contributed by atoms with Gasteiger partial charge in [-0.15, -0.1) is 0 Å². The molecule has 0 saturated carbocycles. The molecular formula is C18H16BrF4N3O. The van der Waals surface area contributed by atoms with E-state index in [9.17, 15) is 22.4 Å². The molecule has 2 atom stereocenters. The molecule has 1 saturated heterocycles. The standard InChI is InChI=1S/C18H16BrF4N3O/c19-12-7-14(9-24-8-12)26-6-5-15(11-1-3-13(20)4-2-11)16(10-26)25-17(27)18(21,22)23/h1-4,7-9,15-16H,5-6,10H2,(H,25,27). The van der Waals surface area contributed by atoms with Crippen molar-refractivity contribution in [3.05, 3.63) is 58.6 Å². The van der Waals surface area contributed by atoms with Crippen LogP contribution in [0.5, 0.6) is 0 Å². The van der Waals surface area contributed by atoms with Gasteiger partial charge in [0.05, 0.1) is 17.9 Å². The van der Waals surface area contributed by atoms with Crippen LogP contribution in [0.3, 0.4) is 0 Å². The molecule has 0 radical (unpaired) electrons. The molecule has 1 fully saturated rings. The van der Waals surface area contributed by atoms with Crippen LogP contribution in [0, 0.1) is 5.82 Å². The van der Waals surface area contributed by atoms with Gasteiger partial charge in [-0.3, -0.25) is 9.78 Å². The number of nitrogens with one attached hydrogen (secondary N) is 1. The zero-order chi connectivity index (χ0) is 19.6. The first-order valence-electron chi connectivity index (χ1n) is 8.22. The number of aromatic nitrogens is 1. The number of rotatable bonds is 3. The number of hydrogen-bond donors (Lipinski definition) is 1. The lowest BCUT2D eigenvalue weighted by atomic mass is 9.85. The van der Waals surface area contributed by atoms with Gasteiger partial charge in [0, 0.05) is 29.7 Å². The van der Waals surface area contributed by atoms with Crippen molar-refractivity contribution in [1.82, 2.24) is 10.3 Å². The minimum Gasteiger partial charge on any atom is -0.368 e. The molecule has 2 aromatic rings. The number of carbonyl (C=O) groups excluding carboxylic acids is 1. The molecule has 1 aromatic heterocycles. The van der Waals surface area contributed by atoms with E-state index in [2.05, 4.69) is 26.2 Å². The van der Waals surface area contributed by atoms with E-state index in [1.54, 1.807) is 24.5 Å². The van der Waals surface area contributed by atoms with E-state index < -0.39 is 23.9 Å². The lowest BCUT2D eigenvalue weighted by Gasteiger charge is -2.40. The van der Waals surface area contributed by atoms with Crippen LogP contribution in [-0.4, -0.2) is 36.2 Å². The molecule has 0 spiro atoms. The summed E-state index contributed by atoms with van der Waals surface area (Å²) in [7, 11) is 0. The summed E-state index contributed by atoms with van der Waals surface area (Å²) in [5.41, 5.74) is 1.43. The summed E-state index contributed by atoms with van der Waals surface area (Å²) in [6.45, 7) is 0.751. The van der Waals surface area contributed by atoms with Gasteiger partial charge in [-0.05, 0) is 46.1 Å². The van der Waals surface area contributed by atoms with E-state index in [1.807, 2.05) is 11.0 Å². The molecule has 1 aliphatic heterocycles. The van der Waals surface area contributed by atoms with Crippen molar-refractivity contribution in [3.8, 4) is 0 Å². The van der Waals surface area contributed by atoms with E-state index in [1.165, 1.54) is 12.1 Å². The predicted molar refractivity (Wildman–Crippen MR) is 95.9 cm³/mol. The van der Waals surface area contributed by atoms with Crippen LogP contribution in [0.25, 0.3) is 0 Å². The molecule has 27 heavy (non-hydrogen) atoms. The smallest absolute Gasteiger partial charge is 0.368 e. The quantitative estimate of drug-likeness (QED) is 0.725. The number of alkyl halides is 3. The van der Waals surface area contributed by atoms with Crippen LogP contribution in [0.4, 0.5) is 23.2 Å². The molecule has 9 heteroatoms. The van der Waals surface area contributed by atoms with Gasteiger partial charge in [0.25, 0.3) is 0 Å². The van der Waals surface area contributed by atoms with Crippen molar-refractivity contribution in [2.75, 3.05) is 18.0 Å². The third-order valence-electron chi connectivity index (χ3n) is 4.54. The molecule has 2 heterocycles. The zero-order valence-corrected chi connectivity index (χ0v) is 15.6. The van der Waals surface area contributed by atoms with Crippen molar-refractivity contribution in [1.29, 1.82) is 0 Å². The summed E-state index contributed by atoms with van der Waals surface area (Å²) in [5, 5.41) is 2.10. The second kappa shape index (κ2) is 7.84. The largest absolute Gasteiger partial charge is 0.471 e. The summed E-state index contributed by atoms with van der Waals surface area (Å²) in [6, 6.07) is 6.66.